The van der Waals surface area contributed by atoms with Crippen molar-refractivity contribution in [2.24, 2.45) is 0 Å². The van der Waals surface area contributed by atoms with Crippen LogP contribution in [-0.2, 0) is 18.4 Å². The maximum absolute atomic E-state index is 13.0. The summed E-state index contributed by atoms with van der Waals surface area (Å²) < 4.78 is 34.4. The third kappa shape index (κ3) is 8.95. The number of amides is 1. The summed E-state index contributed by atoms with van der Waals surface area (Å²) in [5.74, 6) is 1.07. The molecule has 0 aliphatic heterocycles. The number of hydrogen-bond acceptors (Lipinski definition) is 6. The SMILES string of the molecule is COc1cc(/C=C/c2ccc(NC(=O)C(C)NP(=O)(OC(C)C)OC(C)C)cc2)cc(OC)c1. The van der Waals surface area contributed by atoms with Crippen molar-refractivity contribution in [3.63, 3.8) is 0 Å². The highest BCUT2D eigenvalue weighted by Crippen LogP contribution is 2.46. The number of anilines is 1. The lowest BCUT2D eigenvalue weighted by Crippen LogP contribution is -2.37. The normalized spacial score (nSPS) is 12.9. The van der Waals surface area contributed by atoms with Gasteiger partial charge in [-0.05, 0) is 70.0 Å². The summed E-state index contributed by atoms with van der Waals surface area (Å²) in [6.45, 7) is 8.62. The van der Waals surface area contributed by atoms with Crippen LogP contribution in [0.25, 0.3) is 12.2 Å². The van der Waals surface area contributed by atoms with Crippen molar-refractivity contribution in [3.8, 4) is 11.5 Å². The van der Waals surface area contributed by atoms with E-state index in [-0.39, 0.29) is 18.1 Å². The van der Waals surface area contributed by atoms with Crippen LogP contribution in [0, 0.1) is 0 Å². The molecule has 1 atom stereocenters. The zero-order chi connectivity index (χ0) is 25.3. The van der Waals surface area contributed by atoms with Crippen molar-refractivity contribution in [2.75, 3.05) is 19.5 Å². The van der Waals surface area contributed by atoms with E-state index >= 15 is 0 Å². The molecular formula is C25H35N2O6P. The molecule has 0 fully saturated rings. The topological polar surface area (TPSA) is 95.1 Å². The summed E-state index contributed by atoms with van der Waals surface area (Å²) in [5.41, 5.74) is 2.50. The lowest BCUT2D eigenvalue weighted by atomic mass is 10.1. The minimum Gasteiger partial charge on any atom is -0.497 e. The maximum atomic E-state index is 13.0. The largest absolute Gasteiger partial charge is 0.497 e. The smallest absolute Gasteiger partial charge is 0.406 e. The predicted molar refractivity (Wildman–Crippen MR) is 136 cm³/mol. The van der Waals surface area contributed by atoms with Crippen LogP contribution in [0.3, 0.4) is 0 Å². The van der Waals surface area contributed by atoms with Crippen molar-refractivity contribution in [2.45, 2.75) is 52.9 Å². The molecule has 1 unspecified atom stereocenters. The Kier molecular flexibility index (Phi) is 10.3. The van der Waals surface area contributed by atoms with Gasteiger partial charge in [-0.25, -0.2) is 9.65 Å². The fourth-order valence-electron chi connectivity index (χ4n) is 2.98. The number of benzene rings is 2. The number of methoxy groups -OCH3 is 2. The fourth-order valence-corrected chi connectivity index (χ4v) is 4.86. The Morgan fingerprint density at radius 3 is 1.79 bits per heavy atom. The van der Waals surface area contributed by atoms with Gasteiger partial charge in [0.1, 0.15) is 11.5 Å². The van der Waals surface area contributed by atoms with Gasteiger partial charge >= 0.3 is 7.75 Å². The molecule has 34 heavy (non-hydrogen) atoms. The highest BCUT2D eigenvalue weighted by Gasteiger charge is 2.32. The molecule has 0 heterocycles. The monoisotopic (exact) mass is 490 g/mol. The average molecular weight is 491 g/mol. The summed E-state index contributed by atoms with van der Waals surface area (Å²) in [5, 5.41) is 5.52. The molecule has 2 aromatic rings. The first-order valence-corrected chi connectivity index (χ1v) is 12.6. The van der Waals surface area contributed by atoms with Crippen LogP contribution in [0.5, 0.6) is 11.5 Å². The highest BCUT2D eigenvalue weighted by atomic mass is 31.2. The molecule has 0 aromatic heterocycles. The molecule has 186 valence electrons. The molecule has 2 aromatic carbocycles. The molecule has 0 saturated heterocycles. The third-order valence-electron chi connectivity index (χ3n) is 4.46. The van der Waals surface area contributed by atoms with Crippen LogP contribution in [0.2, 0.25) is 0 Å². The minimum atomic E-state index is -3.64. The van der Waals surface area contributed by atoms with E-state index in [1.807, 2.05) is 42.5 Å². The van der Waals surface area contributed by atoms with E-state index in [4.69, 9.17) is 18.5 Å². The molecule has 0 saturated carbocycles. The summed E-state index contributed by atoms with van der Waals surface area (Å²) in [4.78, 5) is 12.6. The third-order valence-corrected chi connectivity index (χ3v) is 6.57. The van der Waals surface area contributed by atoms with Gasteiger partial charge in [0, 0.05) is 11.8 Å². The van der Waals surface area contributed by atoms with Crippen molar-refractivity contribution in [1.82, 2.24) is 5.09 Å². The van der Waals surface area contributed by atoms with Gasteiger partial charge in [0.15, 0.2) is 0 Å². The van der Waals surface area contributed by atoms with Crippen LogP contribution in [-0.4, -0.2) is 38.4 Å². The first kappa shape index (κ1) is 27.6. The molecular weight excluding hydrogens is 455 g/mol. The zero-order valence-electron chi connectivity index (χ0n) is 20.8. The Morgan fingerprint density at radius 1 is 0.824 bits per heavy atom. The second-order valence-electron chi connectivity index (χ2n) is 8.25. The Morgan fingerprint density at radius 2 is 1.32 bits per heavy atom. The Hall–Kier alpha value is -2.64. The van der Waals surface area contributed by atoms with Gasteiger partial charge in [0.05, 0.1) is 32.5 Å². The minimum absolute atomic E-state index is 0.328. The lowest BCUT2D eigenvalue weighted by Gasteiger charge is -2.25. The Balaban J connectivity index is 2.02. The Labute approximate surface area is 202 Å². The molecule has 0 radical (unpaired) electrons. The highest BCUT2D eigenvalue weighted by molar-refractivity contribution is 7.51. The van der Waals surface area contributed by atoms with E-state index < -0.39 is 13.8 Å². The average Bonchev–Trinajstić information content (AvgIpc) is 2.76. The van der Waals surface area contributed by atoms with Crippen molar-refractivity contribution in [3.05, 3.63) is 53.6 Å². The molecule has 1 amide bonds. The van der Waals surface area contributed by atoms with Crippen molar-refractivity contribution in [1.29, 1.82) is 0 Å². The Bertz CT molecular complexity index is 984. The predicted octanol–water partition coefficient (Wildman–Crippen LogP) is 5.75. The van der Waals surface area contributed by atoms with Gasteiger partial charge in [0.2, 0.25) is 5.91 Å². The van der Waals surface area contributed by atoms with E-state index in [0.29, 0.717) is 17.2 Å². The number of carbonyl (C=O) groups excluding carboxylic acids is 1. The number of nitrogens with one attached hydrogen (secondary N) is 2. The van der Waals surface area contributed by atoms with Gasteiger partial charge in [0.25, 0.3) is 0 Å². The molecule has 0 aliphatic rings. The van der Waals surface area contributed by atoms with E-state index in [9.17, 15) is 9.36 Å². The fraction of sp³-hybridized carbons (Fsp3) is 0.400. The van der Waals surface area contributed by atoms with Gasteiger partial charge in [-0.1, -0.05) is 24.3 Å². The van der Waals surface area contributed by atoms with Gasteiger partial charge in [-0.2, -0.15) is 0 Å². The second-order valence-corrected chi connectivity index (χ2v) is 9.92. The van der Waals surface area contributed by atoms with Gasteiger partial charge in [-0.15, -0.1) is 0 Å². The second kappa shape index (κ2) is 12.7. The number of ether oxygens (including phenoxy) is 2. The molecule has 0 spiro atoms. The summed E-state index contributed by atoms with van der Waals surface area (Å²) >= 11 is 0. The molecule has 8 nitrogen and oxygen atoms in total. The molecule has 2 N–H and O–H groups in total. The maximum Gasteiger partial charge on any atom is 0.406 e. The quantitative estimate of drug-likeness (QED) is 0.289. The molecule has 0 aliphatic carbocycles. The lowest BCUT2D eigenvalue weighted by molar-refractivity contribution is -0.117. The first-order chi connectivity index (χ1) is 16.0. The van der Waals surface area contributed by atoms with Crippen LogP contribution in [0.4, 0.5) is 5.69 Å². The molecule has 0 bridgehead atoms. The van der Waals surface area contributed by atoms with E-state index in [1.165, 1.54) is 0 Å². The van der Waals surface area contributed by atoms with Gasteiger partial charge in [-0.3, -0.25) is 13.8 Å². The van der Waals surface area contributed by atoms with Crippen molar-refractivity contribution < 1.29 is 27.9 Å². The standard InChI is InChI=1S/C25H35N2O6P/c1-17(2)32-34(29,33-18(3)4)27-19(5)25(28)26-22-12-10-20(11-13-22)8-9-21-14-23(30-6)16-24(15-21)31-7/h8-19H,1-7H3,(H,26,28)(H,27,29)/b9-8+. The molecule has 9 heteroatoms. The first-order valence-electron chi connectivity index (χ1n) is 11.1. The van der Waals surface area contributed by atoms with E-state index in [2.05, 4.69) is 10.4 Å². The summed E-state index contributed by atoms with van der Waals surface area (Å²) in [6, 6.07) is 12.2. The van der Waals surface area contributed by atoms with Crippen LogP contribution < -0.4 is 19.9 Å². The summed E-state index contributed by atoms with van der Waals surface area (Å²) in [7, 11) is -0.422. The zero-order valence-corrected chi connectivity index (χ0v) is 21.7. The number of hydrogen-bond donors (Lipinski definition) is 2. The van der Waals surface area contributed by atoms with Crippen LogP contribution in [0.1, 0.15) is 45.7 Å². The van der Waals surface area contributed by atoms with Crippen molar-refractivity contribution >= 4 is 31.5 Å². The van der Waals surface area contributed by atoms with E-state index in [1.54, 1.807) is 61.0 Å². The van der Waals surface area contributed by atoms with Crippen LogP contribution >= 0.6 is 7.75 Å². The molecule has 2 rings (SSSR count). The number of rotatable bonds is 12. The van der Waals surface area contributed by atoms with E-state index in [0.717, 1.165) is 11.1 Å². The summed E-state index contributed by atoms with van der Waals surface area (Å²) in [6.07, 6.45) is 3.25. The van der Waals surface area contributed by atoms with Gasteiger partial charge < -0.3 is 14.8 Å². The number of carbonyl (C=O) groups is 1. The van der Waals surface area contributed by atoms with Crippen LogP contribution in [0.15, 0.2) is 42.5 Å².